The molecule has 34 nitrogen and oxygen atoms in total. The number of amides is 2. The molecule has 0 saturated heterocycles. The maximum Gasteiger partial charge on any atom is 0.328 e. The van der Waals surface area contributed by atoms with Crippen molar-refractivity contribution in [3.05, 3.63) is 263 Å². The Morgan fingerprint density at radius 1 is 0.441 bits per heavy atom. The van der Waals surface area contributed by atoms with Crippen molar-refractivity contribution >= 4 is 154 Å². The second-order valence-corrected chi connectivity index (χ2v) is 32.4. The maximum absolute atomic E-state index is 14.5. The number of aromatic hydroxyl groups is 2. The van der Waals surface area contributed by atoms with Crippen molar-refractivity contribution in [1.29, 1.82) is 0 Å². The van der Waals surface area contributed by atoms with Crippen molar-refractivity contribution in [3.63, 3.8) is 0 Å². The first-order valence-electron chi connectivity index (χ1n) is 35.2. The monoisotopic (exact) mass is 1660 g/mol. The highest BCUT2D eigenvalue weighted by atomic mass is 32.2. The molecule has 16 rings (SSSR count). The summed E-state index contributed by atoms with van der Waals surface area (Å²) < 4.78 is 155. The molecule has 2 atom stereocenters. The first-order valence-corrected chi connectivity index (χ1v) is 41.0. The lowest BCUT2D eigenvalue weighted by Crippen LogP contribution is -2.38. The molecule has 2 aromatic heterocycles. The number of aromatic nitrogens is 6. The van der Waals surface area contributed by atoms with E-state index in [2.05, 4.69) is 51.2 Å². The molecule has 0 fully saturated rings. The van der Waals surface area contributed by atoms with Gasteiger partial charge >= 0.3 is 12.0 Å². The number of carbonyl (C=O) groups is 2. The molecule has 12 aromatic rings. The molecule has 38 heteroatoms. The highest BCUT2D eigenvalue weighted by Gasteiger charge is 2.44. The minimum atomic E-state index is -5.14. The molecule has 4 heterocycles. The van der Waals surface area contributed by atoms with E-state index < -0.39 is 107 Å². The minimum Gasteiger partial charge on any atom is -0.507 e. The van der Waals surface area contributed by atoms with Crippen LogP contribution in [0.2, 0.25) is 0 Å². The van der Waals surface area contributed by atoms with Gasteiger partial charge in [0.1, 0.15) is 44.3 Å². The fourth-order valence-corrected chi connectivity index (χ4v) is 16.4. The van der Waals surface area contributed by atoms with Gasteiger partial charge in [-0.25, -0.2) is 9.98 Å². The molecule has 2 aliphatic heterocycles. The van der Waals surface area contributed by atoms with E-state index in [4.69, 9.17) is 19.5 Å². The SMILES string of the molecule is CN1C(=O)C(=C(O)c2ccccc2)c2c3c(c(O)c4ccccc24)C(=Nc2ccc(S(=O)(=O)O)c(Nc4nc(NCCNc5nc(Nc6ccc(S(=O)(=O)O)c(N=C7C=CC8c9c7c(O)c7ccccc7c9C(=C(O)c7cccc(S(=O)(=O)O)c7)C(=O)N8C)c6)nc(Oc6ccc(S(=O)(=O)O)cc6)n5)nc(Oc5ccccc5)n4)c2)C=CC31. The van der Waals surface area contributed by atoms with Gasteiger partial charge in [-0.15, -0.1) is 0 Å². The van der Waals surface area contributed by atoms with Crippen LogP contribution in [0.4, 0.5) is 46.5 Å². The first kappa shape index (κ1) is 77.6. The fraction of sp³-hybridized carbons (Fsp3) is 0.0750. The third kappa shape index (κ3) is 14.9. The quantitative estimate of drug-likeness (QED) is 0.0138. The van der Waals surface area contributed by atoms with E-state index in [9.17, 15) is 81.9 Å². The van der Waals surface area contributed by atoms with Crippen molar-refractivity contribution in [2.75, 3.05) is 48.5 Å². The number of rotatable bonds is 21. The smallest absolute Gasteiger partial charge is 0.328 e. The van der Waals surface area contributed by atoms with Crippen molar-refractivity contribution in [3.8, 4) is 35.0 Å². The van der Waals surface area contributed by atoms with Gasteiger partial charge in [-0.3, -0.25) is 27.8 Å². The number of aliphatic hydroxyl groups is 2. The largest absolute Gasteiger partial charge is 0.507 e. The summed E-state index contributed by atoms with van der Waals surface area (Å²) in [7, 11) is -16.7. The number of anilines is 6. The maximum atomic E-state index is 14.5. The number of hydrogen-bond acceptors (Lipinski definition) is 28. The van der Waals surface area contributed by atoms with E-state index >= 15 is 0 Å². The van der Waals surface area contributed by atoms with E-state index in [0.717, 1.165) is 36.4 Å². The van der Waals surface area contributed by atoms with E-state index in [0.29, 0.717) is 27.5 Å². The number of benzene rings is 10. The number of hydrogen-bond donors (Lipinski definition) is 12. The van der Waals surface area contributed by atoms with Gasteiger partial charge in [-0.2, -0.15) is 63.6 Å². The van der Waals surface area contributed by atoms with Gasteiger partial charge in [-0.1, -0.05) is 121 Å². The summed E-state index contributed by atoms with van der Waals surface area (Å²) in [5.74, 6) is -3.65. The molecule has 0 spiro atoms. The Bertz CT molecular complexity index is 6980. The summed E-state index contributed by atoms with van der Waals surface area (Å²) in [6.07, 6.45) is 6.24. The summed E-state index contributed by atoms with van der Waals surface area (Å²) in [6, 6.07) is 43.6. The number of phenolic OH excluding ortho intramolecular Hbond substituents is 2. The molecule has 2 aliphatic carbocycles. The summed E-state index contributed by atoms with van der Waals surface area (Å²) in [5.41, 5.74) is 0.447. The molecule has 0 bridgehead atoms. The van der Waals surface area contributed by atoms with Gasteiger partial charge in [0.2, 0.25) is 23.8 Å². The molecule has 2 unspecified atom stereocenters. The molecule has 0 saturated carbocycles. The molecular formula is C80H60N14O20S4. The van der Waals surface area contributed by atoms with Gasteiger partial charge < -0.3 is 61.0 Å². The molecule has 118 heavy (non-hydrogen) atoms. The predicted molar refractivity (Wildman–Crippen MR) is 433 cm³/mol. The lowest BCUT2D eigenvalue weighted by Gasteiger charge is -2.38. The number of carbonyl (C=O) groups excluding carboxylic acids is 2. The van der Waals surface area contributed by atoms with Crippen molar-refractivity contribution in [2.45, 2.75) is 31.7 Å². The molecule has 594 valence electrons. The summed E-state index contributed by atoms with van der Waals surface area (Å²) in [6.45, 7) is -0.213. The lowest BCUT2D eigenvalue weighted by atomic mass is 9.77. The van der Waals surface area contributed by atoms with E-state index in [1.165, 1.54) is 83.6 Å². The first-order chi connectivity index (χ1) is 56.3. The molecule has 2 amide bonds. The summed E-state index contributed by atoms with van der Waals surface area (Å²) in [4.78, 5) is 65.5. The van der Waals surface area contributed by atoms with Crippen molar-refractivity contribution in [1.82, 2.24) is 39.7 Å². The summed E-state index contributed by atoms with van der Waals surface area (Å²) >= 11 is 0. The Balaban J connectivity index is 0.719. The number of aliphatic hydroxyl groups excluding tert-OH is 2. The number of fused-ring (bicyclic) bond motifs is 4. The standard InChI is InChI=1S/C80H60N14O20S4/c1-93-57-32-30-53(63-65(57)61(49-20-9-11-22-51(49)71(63)97)67(73(93)99)69(95)41-14-5-3-6-15-41)83-43-24-34-60(118(110,111)112)56(39-43)86-78-88-76(90-80(92-78)113-45-17-7-4-8-18-45)82-37-36-81-75-87-77(91-79(89-75)114-46-26-28-47(29-27-46)115(101,102)103)84-44-25-35-59(117(107,108)109)55(40-44)85-54-31-33-58-66-62(50-21-10-12-23-52(50)72(98)64(54)66)68(74(100)94(58)2)70(96)42-16-13-19-48(38-42)116(104,105)106/h3-35,38-40,57-58,95-98H,36-37H2,1-2H3,(H,101,102,103)(H,104,105,106)(H,107,108,109)(H,110,111,112)(H2,81,84,87,89,91)(H2,82,86,88,90,92). The molecular weight excluding hydrogens is 1610 g/mol. The minimum absolute atomic E-state index is 0.00854. The molecule has 0 radical (unpaired) electrons. The average Bonchev–Trinajstić information content (AvgIpc) is 0.710. The molecule has 12 N–H and O–H groups in total. The Morgan fingerprint density at radius 3 is 1.42 bits per heavy atom. The van der Waals surface area contributed by atoms with Crippen LogP contribution >= 0.6 is 0 Å². The van der Waals surface area contributed by atoms with Crippen molar-refractivity contribution < 1.29 is 91.4 Å². The highest BCUT2D eigenvalue weighted by molar-refractivity contribution is 7.86. The zero-order valence-corrected chi connectivity index (χ0v) is 64.2. The van der Waals surface area contributed by atoms with Crippen LogP contribution in [-0.4, -0.2) is 162 Å². The van der Waals surface area contributed by atoms with Crippen LogP contribution in [0.3, 0.4) is 0 Å². The van der Waals surface area contributed by atoms with E-state index in [-0.39, 0.29) is 144 Å². The van der Waals surface area contributed by atoms with Crippen LogP contribution in [0.25, 0.3) is 44.2 Å². The molecule has 10 aromatic carbocycles. The van der Waals surface area contributed by atoms with Crippen molar-refractivity contribution in [2.24, 2.45) is 9.98 Å². The number of nitrogens with zero attached hydrogens (tertiary/aromatic N) is 10. The Morgan fingerprint density at radius 2 is 0.898 bits per heavy atom. The van der Waals surface area contributed by atoms with Gasteiger partial charge in [0.15, 0.2) is 0 Å². The zero-order valence-electron chi connectivity index (χ0n) is 60.9. The second kappa shape index (κ2) is 30.1. The Hall–Kier alpha value is -14.4. The summed E-state index contributed by atoms with van der Waals surface area (Å²) in [5, 5.41) is 61.7. The Labute approximate surface area is 669 Å². The van der Waals surface area contributed by atoms with Crippen LogP contribution in [0, 0.1) is 0 Å². The van der Waals surface area contributed by atoms with E-state index in [1.54, 1.807) is 122 Å². The second-order valence-electron chi connectivity index (χ2n) is 26.8. The zero-order chi connectivity index (χ0) is 83.0. The van der Waals surface area contributed by atoms with Crippen LogP contribution in [-0.2, 0) is 50.1 Å². The highest BCUT2D eigenvalue weighted by Crippen LogP contribution is 2.53. The third-order valence-corrected chi connectivity index (χ3v) is 23.0. The van der Waals surface area contributed by atoms with Gasteiger partial charge in [-0.05, 0) is 108 Å². The predicted octanol–water partition coefficient (Wildman–Crippen LogP) is 12.6. The van der Waals surface area contributed by atoms with Crippen LogP contribution in [0.15, 0.2) is 248 Å². The number of ether oxygens (including phenoxy) is 2. The van der Waals surface area contributed by atoms with E-state index in [1.807, 2.05) is 0 Å². The number of aliphatic imine (C=N–C) groups is 2. The fourth-order valence-electron chi connectivity index (χ4n) is 14.2. The Kier molecular flexibility index (Phi) is 19.8. The van der Waals surface area contributed by atoms with Crippen LogP contribution in [0.1, 0.15) is 56.6 Å². The topological polar surface area (TPSA) is 508 Å². The number of nitrogens with one attached hydrogen (secondary N) is 4. The number of phenols is 2. The van der Waals surface area contributed by atoms with Crippen LogP contribution < -0.4 is 30.7 Å². The average molecular weight is 1670 g/mol. The van der Waals surface area contributed by atoms with Gasteiger partial charge in [0, 0.05) is 88.2 Å². The van der Waals surface area contributed by atoms with Crippen LogP contribution in [0.5, 0.6) is 35.0 Å². The normalized spacial score (nSPS) is 16.7. The number of allylic oxidation sites excluding steroid dienone is 2. The van der Waals surface area contributed by atoms with Gasteiger partial charge in [0.25, 0.3) is 52.3 Å². The number of para-hydroxylation sites is 1. The third-order valence-electron chi connectivity index (χ3n) is 19.4. The lowest BCUT2D eigenvalue weighted by molar-refractivity contribution is -0.126. The number of likely N-dealkylation sites (N-methyl/N-ethyl adjacent to an activating group) is 2. The van der Waals surface area contributed by atoms with Gasteiger partial charge in [0.05, 0.1) is 61.5 Å². The molecule has 4 aliphatic rings.